The van der Waals surface area contributed by atoms with E-state index in [2.05, 4.69) is 76.4 Å². The number of nitrogens with zero attached hydrogens (tertiary/aromatic N) is 1. The minimum absolute atomic E-state index is 0.145. The molecule has 22 heavy (non-hydrogen) atoms. The first kappa shape index (κ1) is 16.0. The Kier molecular flexibility index (Phi) is 5.51. The van der Waals surface area contributed by atoms with Crippen LogP contribution in [0.3, 0.4) is 0 Å². The molecule has 3 heteroatoms. The Balaban J connectivity index is 1.77. The fourth-order valence-corrected chi connectivity index (χ4v) is 3.68. The molecule has 1 fully saturated rings. The second-order valence-corrected chi connectivity index (χ2v) is 7.24. The van der Waals surface area contributed by atoms with Crippen LogP contribution in [0.1, 0.15) is 30.9 Å². The van der Waals surface area contributed by atoms with Gasteiger partial charge >= 0.3 is 0 Å². The van der Waals surface area contributed by atoms with Crippen LogP contribution in [0.15, 0.2) is 53.0 Å². The van der Waals surface area contributed by atoms with Crippen LogP contribution in [0.2, 0.25) is 0 Å². The summed E-state index contributed by atoms with van der Waals surface area (Å²) in [5.41, 5.74) is 1.28. The number of likely N-dealkylation sites (tertiary alicyclic amines) is 1. The maximum Gasteiger partial charge on any atom is 0.0894 e. The number of rotatable bonds is 4. The molecule has 1 aromatic carbocycles. The molecule has 0 aromatic heterocycles. The first-order valence-corrected chi connectivity index (χ1v) is 8.94. The predicted octanol–water partition coefficient (Wildman–Crippen LogP) is 4.73. The molecular weight excluding hydrogens is 338 g/mol. The summed E-state index contributed by atoms with van der Waals surface area (Å²) in [4.78, 5) is 2.39. The third-order valence-corrected chi connectivity index (χ3v) is 5.08. The maximum atomic E-state index is 6.59. The van der Waals surface area contributed by atoms with Gasteiger partial charge in [-0.3, -0.25) is 0 Å². The highest BCUT2D eigenvalue weighted by molar-refractivity contribution is 9.10. The van der Waals surface area contributed by atoms with Crippen LogP contribution < -0.4 is 0 Å². The zero-order valence-corrected chi connectivity index (χ0v) is 14.7. The van der Waals surface area contributed by atoms with E-state index >= 15 is 0 Å². The van der Waals surface area contributed by atoms with Gasteiger partial charge in [0.25, 0.3) is 0 Å². The lowest BCUT2D eigenvalue weighted by Crippen LogP contribution is -2.35. The van der Waals surface area contributed by atoms with Crippen molar-refractivity contribution in [2.75, 3.05) is 20.1 Å². The quantitative estimate of drug-likeness (QED) is 0.768. The predicted molar refractivity (Wildman–Crippen MR) is 94.9 cm³/mol. The van der Waals surface area contributed by atoms with Crippen LogP contribution in [0.25, 0.3) is 0 Å². The molecule has 2 aliphatic rings. The van der Waals surface area contributed by atoms with Crippen LogP contribution in [0.4, 0.5) is 0 Å². The molecular formula is C19H24BrNO. The van der Waals surface area contributed by atoms with E-state index in [0.717, 1.165) is 36.8 Å². The van der Waals surface area contributed by atoms with E-state index < -0.39 is 0 Å². The third kappa shape index (κ3) is 4.09. The molecule has 1 aromatic rings. The SMILES string of the molecule is CN1CCC(OC(c2cccc(Br)c2)C2C=CC=CC2)CC1. The van der Waals surface area contributed by atoms with Crippen LogP contribution in [-0.4, -0.2) is 31.1 Å². The molecule has 0 N–H and O–H groups in total. The zero-order chi connectivity index (χ0) is 15.4. The Bertz CT molecular complexity index is 546. The first-order valence-electron chi connectivity index (χ1n) is 8.15. The lowest BCUT2D eigenvalue weighted by atomic mass is 9.89. The molecule has 2 atom stereocenters. The largest absolute Gasteiger partial charge is 0.370 e. The maximum absolute atomic E-state index is 6.59. The van der Waals surface area contributed by atoms with Crippen molar-refractivity contribution in [2.24, 2.45) is 5.92 Å². The van der Waals surface area contributed by atoms with Gasteiger partial charge in [0.1, 0.15) is 0 Å². The van der Waals surface area contributed by atoms with E-state index in [-0.39, 0.29) is 6.10 Å². The summed E-state index contributed by atoms with van der Waals surface area (Å²) < 4.78 is 7.71. The fraction of sp³-hybridized carbons (Fsp3) is 0.474. The van der Waals surface area contributed by atoms with Gasteiger partial charge in [-0.15, -0.1) is 0 Å². The normalized spacial score (nSPS) is 24.5. The van der Waals surface area contributed by atoms with Gasteiger partial charge in [0, 0.05) is 23.5 Å². The molecule has 1 aliphatic carbocycles. The lowest BCUT2D eigenvalue weighted by molar-refractivity contribution is -0.0586. The number of piperidine rings is 1. The Morgan fingerprint density at radius 1 is 1.23 bits per heavy atom. The van der Waals surface area contributed by atoms with Gasteiger partial charge < -0.3 is 9.64 Å². The van der Waals surface area contributed by atoms with Crippen molar-refractivity contribution in [3.05, 3.63) is 58.6 Å². The van der Waals surface area contributed by atoms with Gasteiger partial charge in [-0.25, -0.2) is 0 Å². The Morgan fingerprint density at radius 3 is 2.73 bits per heavy atom. The van der Waals surface area contributed by atoms with E-state index in [1.165, 1.54) is 5.56 Å². The summed E-state index contributed by atoms with van der Waals surface area (Å²) in [5.74, 6) is 0.430. The average molecular weight is 362 g/mol. The van der Waals surface area contributed by atoms with E-state index in [9.17, 15) is 0 Å². The Hall–Kier alpha value is -0.900. The number of allylic oxidation sites excluding steroid dienone is 3. The number of benzene rings is 1. The van der Waals surface area contributed by atoms with Crippen molar-refractivity contribution in [1.29, 1.82) is 0 Å². The van der Waals surface area contributed by atoms with E-state index in [1.807, 2.05) is 0 Å². The Morgan fingerprint density at radius 2 is 2.05 bits per heavy atom. The average Bonchev–Trinajstić information content (AvgIpc) is 2.55. The number of halogens is 1. The van der Waals surface area contributed by atoms with Gasteiger partial charge in [0.15, 0.2) is 0 Å². The van der Waals surface area contributed by atoms with Gasteiger partial charge in [0.05, 0.1) is 12.2 Å². The molecule has 2 nitrogen and oxygen atoms in total. The van der Waals surface area contributed by atoms with Gasteiger partial charge in [0.2, 0.25) is 0 Å². The van der Waals surface area contributed by atoms with Crippen LogP contribution >= 0.6 is 15.9 Å². The van der Waals surface area contributed by atoms with Crippen molar-refractivity contribution >= 4 is 15.9 Å². The van der Waals surface area contributed by atoms with E-state index in [4.69, 9.17) is 4.74 Å². The molecule has 0 bridgehead atoms. The van der Waals surface area contributed by atoms with Crippen LogP contribution in [0, 0.1) is 5.92 Å². The summed E-state index contributed by atoms with van der Waals surface area (Å²) in [6.07, 6.45) is 12.7. The second-order valence-electron chi connectivity index (χ2n) is 6.33. The lowest BCUT2D eigenvalue weighted by Gasteiger charge is -2.34. The van der Waals surface area contributed by atoms with Crippen molar-refractivity contribution in [1.82, 2.24) is 4.90 Å². The van der Waals surface area contributed by atoms with Crippen molar-refractivity contribution < 1.29 is 4.74 Å². The third-order valence-electron chi connectivity index (χ3n) is 4.58. The van der Waals surface area contributed by atoms with Gasteiger partial charge in [-0.2, -0.15) is 0 Å². The fourth-order valence-electron chi connectivity index (χ4n) is 3.26. The van der Waals surface area contributed by atoms with Crippen molar-refractivity contribution in [3.63, 3.8) is 0 Å². The molecule has 0 spiro atoms. The standard InChI is InChI=1S/C19H24BrNO/c1-21-12-10-18(11-13-21)22-19(15-6-3-2-4-7-15)16-8-5-9-17(20)14-16/h2-6,8-9,14-15,18-19H,7,10-13H2,1H3. The molecule has 1 heterocycles. The molecule has 0 radical (unpaired) electrons. The first-order chi connectivity index (χ1) is 10.7. The van der Waals surface area contributed by atoms with E-state index in [1.54, 1.807) is 0 Å². The summed E-state index contributed by atoms with van der Waals surface area (Å²) >= 11 is 3.59. The molecule has 1 saturated heterocycles. The summed E-state index contributed by atoms with van der Waals surface area (Å²) in [5, 5.41) is 0. The minimum Gasteiger partial charge on any atom is -0.370 e. The minimum atomic E-state index is 0.145. The topological polar surface area (TPSA) is 12.5 Å². The molecule has 0 saturated carbocycles. The summed E-state index contributed by atoms with van der Waals surface area (Å²) in [6, 6.07) is 8.57. The van der Waals surface area contributed by atoms with Crippen molar-refractivity contribution in [2.45, 2.75) is 31.5 Å². The summed E-state index contributed by atoms with van der Waals surface area (Å²) in [6.45, 7) is 2.27. The van der Waals surface area contributed by atoms with Crippen molar-refractivity contribution in [3.8, 4) is 0 Å². The molecule has 118 valence electrons. The second kappa shape index (κ2) is 7.58. The summed E-state index contributed by atoms with van der Waals surface area (Å²) in [7, 11) is 2.19. The van der Waals surface area contributed by atoms with Crippen LogP contribution in [0.5, 0.6) is 0 Å². The monoisotopic (exact) mass is 361 g/mol. The molecule has 2 unspecified atom stereocenters. The smallest absolute Gasteiger partial charge is 0.0894 e. The zero-order valence-electron chi connectivity index (χ0n) is 13.1. The highest BCUT2D eigenvalue weighted by Gasteiger charge is 2.27. The molecule has 1 aliphatic heterocycles. The highest BCUT2D eigenvalue weighted by atomic mass is 79.9. The van der Waals surface area contributed by atoms with Gasteiger partial charge in [-0.1, -0.05) is 52.4 Å². The number of ether oxygens (including phenoxy) is 1. The van der Waals surface area contributed by atoms with E-state index in [0.29, 0.717) is 12.0 Å². The highest BCUT2D eigenvalue weighted by Crippen LogP contribution is 2.35. The number of hydrogen-bond acceptors (Lipinski definition) is 2. The molecule has 0 amide bonds. The number of hydrogen-bond donors (Lipinski definition) is 0. The Labute approximate surface area is 142 Å². The molecule has 3 rings (SSSR count). The van der Waals surface area contributed by atoms with Gasteiger partial charge in [-0.05, 0) is 44.0 Å². The van der Waals surface area contributed by atoms with Crippen LogP contribution in [-0.2, 0) is 4.74 Å².